The second-order valence-corrected chi connectivity index (χ2v) is 4.01. The molecule has 5 heteroatoms. The molecule has 2 N–H and O–H groups in total. The molecule has 16 heavy (non-hydrogen) atoms. The van der Waals surface area contributed by atoms with E-state index in [4.69, 9.17) is 4.74 Å². The summed E-state index contributed by atoms with van der Waals surface area (Å²) in [6.07, 6.45) is 1.67. The van der Waals surface area contributed by atoms with E-state index in [1.807, 2.05) is 0 Å². The van der Waals surface area contributed by atoms with Crippen molar-refractivity contribution in [1.29, 1.82) is 0 Å². The van der Waals surface area contributed by atoms with Gasteiger partial charge in [-0.2, -0.15) is 0 Å². The zero-order valence-corrected chi connectivity index (χ0v) is 9.91. The SMILES string of the molecule is CCOC(=O)[C@@H](C)NC(=O)C1CCNCC1. The first kappa shape index (κ1) is 13.0. The molecule has 0 unspecified atom stereocenters. The molecule has 0 aromatic heterocycles. The van der Waals surface area contributed by atoms with Crippen LogP contribution in [0.5, 0.6) is 0 Å². The molecule has 0 bridgehead atoms. The number of rotatable bonds is 4. The van der Waals surface area contributed by atoms with Crippen LogP contribution in [0.3, 0.4) is 0 Å². The maximum Gasteiger partial charge on any atom is 0.328 e. The fourth-order valence-electron chi connectivity index (χ4n) is 1.74. The summed E-state index contributed by atoms with van der Waals surface area (Å²) in [5, 5.41) is 5.89. The molecule has 0 radical (unpaired) electrons. The van der Waals surface area contributed by atoms with Gasteiger partial charge in [-0.1, -0.05) is 0 Å². The number of ether oxygens (including phenoxy) is 1. The largest absolute Gasteiger partial charge is 0.464 e. The molecule has 1 aliphatic rings. The molecule has 92 valence electrons. The molecule has 0 spiro atoms. The summed E-state index contributed by atoms with van der Waals surface area (Å²) in [6.45, 7) is 5.47. The van der Waals surface area contributed by atoms with Gasteiger partial charge in [-0.25, -0.2) is 4.79 Å². The maximum atomic E-state index is 11.8. The highest BCUT2D eigenvalue weighted by Gasteiger charge is 2.24. The Morgan fingerprint density at radius 3 is 2.62 bits per heavy atom. The molecule has 0 aromatic carbocycles. The summed E-state index contributed by atoms with van der Waals surface area (Å²) < 4.78 is 4.83. The first-order chi connectivity index (χ1) is 7.65. The minimum atomic E-state index is -0.553. The Morgan fingerprint density at radius 1 is 1.44 bits per heavy atom. The van der Waals surface area contributed by atoms with Gasteiger partial charge in [0, 0.05) is 5.92 Å². The predicted molar refractivity (Wildman–Crippen MR) is 59.8 cm³/mol. The van der Waals surface area contributed by atoms with Crippen LogP contribution in [0, 0.1) is 5.92 Å². The maximum absolute atomic E-state index is 11.8. The average molecular weight is 228 g/mol. The summed E-state index contributed by atoms with van der Waals surface area (Å²) in [5.74, 6) is -0.384. The molecular formula is C11H20N2O3. The molecule has 0 aromatic rings. The molecule has 1 saturated heterocycles. The smallest absolute Gasteiger partial charge is 0.328 e. The number of hydrogen-bond acceptors (Lipinski definition) is 4. The lowest BCUT2D eigenvalue weighted by Crippen LogP contribution is -2.45. The van der Waals surface area contributed by atoms with E-state index in [1.54, 1.807) is 13.8 Å². The van der Waals surface area contributed by atoms with Crippen molar-refractivity contribution in [1.82, 2.24) is 10.6 Å². The normalized spacial score (nSPS) is 18.9. The summed E-state index contributed by atoms with van der Waals surface area (Å²) >= 11 is 0. The molecule has 1 rings (SSSR count). The van der Waals surface area contributed by atoms with Crippen LogP contribution >= 0.6 is 0 Å². The zero-order chi connectivity index (χ0) is 12.0. The van der Waals surface area contributed by atoms with E-state index in [9.17, 15) is 9.59 Å². The van der Waals surface area contributed by atoms with Gasteiger partial charge < -0.3 is 15.4 Å². The van der Waals surface area contributed by atoms with Crippen molar-refractivity contribution >= 4 is 11.9 Å². The van der Waals surface area contributed by atoms with Crippen LogP contribution in [0.25, 0.3) is 0 Å². The van der Waals surface area contributed by atoms with Crippen molar-refractivity contribution in [3.05, 3.63) is 0 Å². The fourth-order valence-corrected chi connectivity index (χ4v) is 1.74. The number of carbonyl (C=O) groups excluding carboxylic acids is 2. The lowest BCUT2D eigenvalue weighted by atomic mass is 9.97. The van der Waals surface area contributed by atoms with Gasteiger partial charge in [0.1, 0.15) is 6.04 Å². The Hall–Kier alpha value is -1.10. The van der Waals surface area contributed by atoms with Gasteiger partial charge in [-0.05, 0) is 39.8 Å². The van der Waals surface area contributed by atoms with Crippen molar-refractivity contribution in [2.75, 3.05) is 19.7 Å². The molecule has 0 aliphatic carbocycles. The van der Waals surface area contributed by atoms with Crippen LogP contribution in [-0.4, -0.2) is 37.6 Å². The predicted octanol–water partition coefficient (Wildman–Crippen LogP) is 0.0538. The third-order valence-corrected chi connectivity index (χ3v) is 2.71. The molecule has 0 saturated carbocycles. The Kier molecular flexibility index (Phi) is 5.25. The molecular weight excluding hydrogens is 208 g/mol. The van der Waals surface area contributed by atoms with Gasteiger partial charge in [-0.3, -0.25) is 4.79 Å². The number of amides is 1. The van der Waals surface area contributed by atoms with Gasteiger partial charge in [0.25, 0.3) is 0 Å². The lowest BCUT2D eigenvalue weighted by molar-refractivity contribution is -0.147. The van der Waals surface area contributed by atoms with Gasteiger partial charge >= 0.3 is 5.97 Å². The second-order valence-electron chi connectivity index (χ2n) is 4.01. The van der Waals surface area contributed by atoms with Gasteiger partial charge in [0.15, 0.2) is 0 Å². The Morgan fingerprint density at radius 2 is 2.06 bits per heavy atom. The van der Waals surface area contributed by atoms with Crippen molar-refractivity contribution < 1.29 is 14.3 Å². The molecule has 1 amide bonds. The summed E-state index contributed by atoms with van der Waals surface area (Å²) in [5.41, 5.74) is 0. The van der Waals surface area contributed by atoms with Crippen LogP contribution in [0.15, 0.2) is 0 Å². The average Bonchev–Trinajstić information content (AvgIpc) is 2.30. The quantitative estimate of drug-likeness (QED) is 0.667. The summed E-state index contributed by atoms with van der Waals surface area (Å²) in [6, 6.07) is -0.553. The van der Waals surface area contributed by atoms with Gasteiger partial charge in [0.2, 0.25) is 5.91 Å². The minimum absolute atomic E-state index is 0.0260. The van der Waals surface area contributed by atoms with Crippen molar-refractivity contribution in [2.24, 2.45) is 5.92 Å². The molecule has 5 nitrogen and oxygen atoms in total. The number of esters is 1. The molecule has 1 atom stereocenters. The first-order valence-electron chi connectivity index (χ1n) is 5.83. The number of carbonyl (C=O) groups is 2. The zero-order valence-electron chi connectivity index (χ0n) is 9.91. The molecule has 1 heterocycles. The Bertz CT molecular complexity index is 250. The topological polar surface area (TPSA) is 67.4 Å². The highest BCUT2D eigenvalue weighted by Crippen LogP contribution is 2.11. The van der Waals surface area contributed by atoms with E-state index in [0.717, 1.165) is 25.9 Å². The van der Waals surface area contributed by atoms with Crippen LogP contribution in [0.4, 0.5) is 0 Å². The van der Waals surface area contributed by atoms with E-state index in [1.165, 1.54) is 0 Å². The minimum Gasteiger partial charge on any atom is -0.464 e. The Labute approximate surface area is 95.9 Å². The monoisotopic (exact) mass is 228 g/mol. The van der Waals surface area contributed by atoms with Crippen LogP contribution in [0.2, 0.25) is 0 Å². The Balaban J connectivity index is 2.34. The van der Waals surface area contributed by atoms with Gasteiger partial charge in [-0.15, -0.1) is 0 Å². The van der Waals surface area contributed by atoms with E-state index in [0.29, 0.717) is 6.61 Å². The number of nitrogens with one attached hydrogen (secondary N) is 2. The first-order valence-corrected chi connectivity index (χ1v) is 5.83. The standard InChI is InChI=1S/C11H20N2O3/c1-3-16-11(15)8(2)13-10(14)9-4-6-12-7-5-9/h8-9,12H,3-7H2,1-2H3,(H,13,14)/t8-/m1/s1. The van der Waals surface area contributed by atoms with Gasteiger partial charge in [0.05, 0.1) is 6.61 Å². The van der Waals surface area contributed by atoms with Crippen molar-refractivity contribution in [3.63, 3.8) is 0 Å². The number of piperidine rings is 1. The molecule has 1 fully saturated rings. The van der Waals surface area contributed by atoms with Crippen LogP contribution < -0.4 is 10.6 Å². The number of hydrogen-bond donors (Lipinski definition) is 2. The second kappa shape index (κ2) is 6.48. The summed E-state index contributed by atoms with van der Waals surface area (Å²) in [7, 11) is 0. The third-order valence-electron chi connectivity index (χ3n) is 2.71. The van der Waals surface area contributed by atoms with E-state index < -0.39 is 6.04 Å². The lowest BCUT2D eigenvalue weighted by Gasteiger charge is -2.23. The van der Waals surface area contributed by atoms with E-state index in [-0.39, 0.29) is 17.8 Å². The van der Waals surface area contributed by atoms with E-state index >= 15 is 0 Å². The highest BCUT2D eigenvalue weighted by molar-refractivity contribution is 5.85. The van der Waals surface area contributed by atoms with E-state index in [2.05, 4.69) is 10.6 Å². The fraction of sp³-hybridized carbons (Fsp3) is 0.818. The van der Waals surface area contributed by atoms with Crippen molar-refractivity contribution in [2.45, 2.75) is 32.7 Å². The molecule has 1 aliphatic heterocycles. The summed E-state index contributed by atoms with van der Waals surface area (Å²) in [4.78, 5) is 23.1. The third kappa shape index (κ3) is 3.81. The van der Waals surface area contributed by atoms with Crippen molar-refractivity contribution in [3.8, 4) is 0 Å². The highest BCUT2D eigenvalue weighted by atomic mass is 16.5. The van der Waals surface area contributed by atoms with Crippen LogP contribution in [0.1, 0.15) is 26.7 Å². The van der Waals surface area contributed by atoms with Crippen LogP contribution in [-0.2, 0) is 14.3 Å².